The van der Waals surface area contributed by atoms with Crippen molar-refractivity contribution in [2.45, 2.75) is 13.3 Å². The molecule has 10 rings (SSSR count). The number of fused-ring (bicyclic) bond motifs is 3. The fourth-order valence-electron chi connectivity index (χ4n) is 7.88. The Labute approximate surface area is 335 Å². The molecule has 0 radical (unpaired) electrons. The van der Waals surface area contributed by atoms with Crippen LogP contribution in [0.5, 0.6) is 0 Å². The first kappa shape index (κ1) is 23.6. The molecule has 1 heterocycles. The van der Waals surface area contributed by atoms with Crippen molar-refractivity contribution in [3.05, 3.63) is 206 Å². The number of aromatic nitrogens is 2. The maximum Gasteiger partial charge on any atom is 0.114 e. The van der Waals surface area contributed by atoms with E-state index in [2.05, 4.69) is 78.2 Å². The fraction of sp³-hybridized carbons (Fsp3) is 0.0377. The lowest BCUT2D eigenvalue weighted by Gasteiger charge is -2.19. The summed E-state index contributed by atoms with van der Waals surface area (Å²) in [5.74, 6) is 0.981. The van der Waals surface area contributed by atoms with Crippen molar-refractivity contribution in [1.29, 1.82) is 0 Å². The van der Waals surface area contributed by atoms with Crippen molar-refractivity contribution < 1.29 is 13.7 Å². The van der Waals surface area contributed by atoms with Crippen LogP contribution in [0.3, 0.4) is 0 Å². The summed E-state index contributed by atoms with van der Waals surface area (Å²) in [7, 11) is 0. The van der Waals surface area contributed by atoms with Gasteiger partial charge in [-0.3, -0.25) is 4.57 Å². The number of para-hydroxylation sites is 2. The highest BCUT2D eigenvalue weighted by atomic mass is 15.1. The van der Waals surface area contributed by atoms with E-state index in [0.29, 0.717) is 5.56 Å². The minimum Gasteiger partial charge on any atom is -0.296 e. The highest BCUT2D eigenvalue weighted by Crippen LogP contribution is 2.46. The molecule has 0 N–H and O–H groups in total. The molecule has 0 fully saturated rings. The van der Waals surface area contributed by atoms with Crippen molar-refractivity contribution >= 4 is 32.6 Å². The maximum atomic E-state index is 8.93. The van der Waals surface area contributed by atoms with Crippen LogP contribution in [0.4, 0.5) is 0 Å². The first-order valence-corrected chi connectivity index (χ1v) is 18.3. The zero-order valence-electron chi connectivity index (χ0n) is 39.9. The minimum atomic E-state index is -0.535. The summed E-state index contributed by atoms with van der Waals surface area (Å²) in [5, 5.41) is 3.58. The van der Waals surface area contributed by atoms with Gasteiger partial charge in [0.05, 0.1) is 24.7 Å². The molecule has 260 valence electrons. The predicted molar refractivity (Wildman–Crippen MR) is 233 cm³/mol. The number of rotatable bonds is 7. The molecule has 9 aromatic carbocycles. The topological polar surface area (TPSA) is 17.8 Å². The molecule has 1 aromatic heterocycles. The molecule has 55 heavy (non-hydrogen) atoms. The second-order valence-electron chi connectivity index (χ2n) is 13.5. The summed E-state index contributed by atoms with van der Waals surface area (Å²) in [6, 6.07) is 41.5. The van der Waals surface area contributed by atoms with Gasteiger partial charge in [0.25, 0.3) is 0 Å². The Bertz CT molecular complexity index is 3410. The van der Waals surface area contributed by atoms with Crippen LogP contribution in [0, 0.1) is 0 Å². The van der Waals surface area contributed by atoms with Crippen LogP contribution < -0.4 is 0 Å². The molecular formula is C53H38N2. The Kier molecular flexibility index (Phi) is 5.90. The van der Waals surface area contributed by atoms with Crippen molar-refractivity contribution in [1.82, 2.24) is 9.55 Å². The Balaban J connectivity index is 1.22. The lowest BCUT2D eigenvalue weighted by molar-refractivity contribution is 0.908. The van der Waals surface area contributed by atoms with E-state index in [9.17, 15) is 0 Å². The largest absolute Gasteiger partial charge is 0.296 e. The summed E-state index contributed by atoms with van der Waals surface area (Å²) in [4.78, 5) is 4.91. The van der Waals surface area contributed by atoms with Crippen LogP contribution >= 0.6 is 0 Å². The van der Waals surface area contributed by atoms with Gasteiger partial charge in [-0.25, -0.2) is 4.98 Å². The monoisotopic (exact) mass is 712 g/mol. The van der Waals surface area contributed by atoms with Gasteiger partial charge in [-0.05, 0) is 126 Å². The van der Waals surface area contributed by atoms with Crippen LogP contribution in [-0.2, 0) is 6.42 Å². The van der Waals surface area contributed by atoms with Crippen molar-refractivity contribution in [3.8, 4) is 61.3 Å². The molecule has 0 bridgehead atoms. The van der Waals surface area contributed by atoms with Crippen LogP contribution in [0.25, 0.3) is 93.9 Å². The molecule has 0 aliphatic heterocycles. The molecule has 2 heteroatoms. The zero-order chi connectivity index (χ0) is 45.4. The molecule has 0 saturated carbocycles. The van der Waals surface area contributed by atoms with Gasteiger partial charge in [-0.15, -0.1) is 0 Å². The van der Waals surface area contributed by atoms with E-state index < -0.39 is 60.4 Å². The quantitative estimate of drug-likeness (QED) is 0.150. The Hall–Kier alpha value is -7.03. The highest BCUT2D eigenvalue weighted by Gasteiger charge is 2.19. The van der Waals surface area contributed by atoms with Gasteiger partial charge in [0.15, 0.2) is 0 Å². The van der Waals surface area contributed by atoms with E-state index in [4.69, 9.17) is 18.7 Å². The van der Waals surface area contributed by atoms with Gasteiger partial charge in [0.1, 0.15) is 5.82 Å². The summed E-state index contributed by atoms with van der Waals surface area (Å²) < 4.78 is 88.5. The molecule has 0 aliphatic rings. The molecule has 10 aromatic rings. The van der Waals surface area contributed by atoms with E-state index in [1.165, 1.54) is 0 Å². The SMILES string of the molecule is [2H]c1c([2H])c([2H])c(-c2cc(-c3c([2H])c([2H])c([2H])c([2H])c3[2H])cc(-c3c4ccccc4c(-c4cccc(-c5cccc(-n6c(CC)nc7ccccc76)c5)c4)c4ccccc34)c2)c([2H])c1[2H]. The molecule has 0 unspecified atom stereocenters. The lowest BCUT2D eigenvalue weighted by atomic mass is 9.84. The van der Waals surface area contributed by atoms with Crippen molar-refractivity contribution in [3.63, 3.8) is 0 Å². The third-order valence-corrected chi connectivity index (χ3v) is 10.3. The first-order valence-electron chi connectivity index (χ1n) is 23.3. The van der Waals surface area contributed by atoms with Gasteiger partial charge >= 0.3 is 0 Å². The zero-order valence-corrected chi connectivity index (χ0v) is 29.9. The average Bonchev–Trinajstić information content (AvgIpc) is 3.72. The second kappa shape index (κ2) is 13.7. The van der Waals surface area contributed by atoms with E-state index in [1.54, 1.807) is 18.2 Å². The Morgan fingerprint density at radius 2 is 0.909 bits per heavy atom. The second-order valence-corrected chi connectivity index (χ2v) is 13.5. The standard InChI is InChI=1S/C53H38N2/c1-2-51-54-49-29-13-14-30-50(49)55(51)44-24-16-22-39(35-44)38-21-15-23-40(31-38)52-45-25-9-11-27-47(45)53(48-28-12-10-26-46(48)52)43-33-41(36-17-5-3-6-18-36)32-42(34-43)37-19-7-4-8-20-37/h3-35H,2H2,1H3/i3D,4D,5D,6D,7D,8D,17D,18D,19D,20D. The van der Waals surface area contributed by atoms with Crippen LogP contribution in [0.15, 0.2) is 200 Å². The van der Waals surface area contributed by atoms with Gasteiger partial charge in [-0.1, -0.05) is 158 Å². The number of imidazole rings is 1. The maximum absolute atomic E-state index is 8.93. The predicted octanol–water partition coefficient (Wildman–Crippen LogP) is 14.2. The van der Waals surface area contributed by atoms with Crippen LogP contribution in [0.2, 0.25) is 0 Å². The first-order chi connectivity index (χ1) is 31.4. The summed E-state index contributed by atoms with van der Waals surface area (Å²) in [6.07, 6.45) is 0.776. The Morgan fingerprint density at radius 1 is 0.436 bits per heavy atom. The smallest absolute Gasteiger partial charge is 0.114 e. The molecule has 0 spiro atoms. The van der Waals surface area contributed by atoms with Gasteiger partial charge in [0.2, 0.25) is 0 Å². The summed E-state index contributed by atoms with van der Waals surface area (Å²) in [5.41, 5.74) is 8.76. The third kappa shape index (κ3) is 5.80. The number of hydrogen-bond acceptors (Lipinski definition) is 1. The van der Waals surface area contributed by atoms with E-state index >= 15 is 0 Å². The fourth-order valence-corrected chi connectivity index (χ4v) is 7.88. The van der Waals surface area contributed by atoms with Gasteiger partial charge in [-0.2, -0.15) is 0 Å². The van der Waals surface area contributed by atoms with Gasteiger partial charge in [0, 0.05) is 12.1 Å². The van der Waals surface area contributed by atoms with Crippen molar-refractivity contribution in [2.75, 3.05) is 0 Å². The van der Waals surface area contributed by atoms with Crippen molar-refractivity contribution in [2.24, 2.45) is 0 Å². The number of benzene rings is 9. The summed E-state index contributed by atoms with van der Waals surface area (Å²) in [6.45, 7) is 2.11. The highest BCUT2D eigenvalue weighted by molar-refractivity contribution is 6.21. The van der Waals surface area contributed by atoms with E-state index in [1.807, 2.05) is 54.6 Å². The molecule has 0 amide bonds. The number of aryl methyl sites for hydroxylation is 1. The lowest BCUT2D eigenvalue weighted by Crippen LogP contribution is -2.00. The van der Waals surface area contributed by atoms with E-state index in [0.717, 1.165) is 78.3 Å². The molecule has 0 saturated heterocycles. The molecule has 0 aliphatic carbocycles. The molecule has 0 atom stereocenters. The third-order valence-electron chi connectivity index (χ3n) is 10.3. The average molecular weight is 713 g/mol. The Morgan fingerprint density at radius 3 is 1.51 bits per heavy atom. The van der Waals surface area contributed by atoms with Crippen LogP contribution in [-0.4, -0.2) is 9.55 Å². The minimum absolute atomic E-state index is 0.0651. The number of nitrogens with zero attached hydrogens (tertiary/aromatic N) is 2. The van der Waals surface area contributed by atoms with Gasteiger partial charge < -0.3 is 0 Å². The molecule has 2 nitrogen and oxygen atoms in total. The van der Waals surface area contributed by atoms with Crippen LogP contribution in [0.1, 0.15) is 26.5 Å². The molecular weight excluding hydrogens is 665 g/mol. The number of hydrogen-bond donors (Lipinski definition) is 0. The van der Waals surface area contributed by atoms with E-state index in [-0.39, 0.29) is 22.3 Å². The summed E-state index contributed by atoms with van der Waals surface area (Å²) >= 11 is 0. The normalized spacial score (nSPS) is 14.0.